The summed E-state index contributed by atoms with van der Waals surface area (Å²) in [5, 5.41) is 60.5. The number of hydrogen-bond donors (Lipinski definition) is 5. The number of aromatic hydroxyl groups is 5. The van der Waals surface area contributed by atoms with Gasteiger partial charge in [-0.05, 0) is 29.1 Å². The summed E-state index contributed by atoms with van der Waals surface area (Å²) in [6.07, 6.45) is 0. The molecule has 5 N–H and O–H groups in total. The van der Waals surface area contributed by atoms with E-state index < -0.39 is 28.7 Å². The van der Waals surface area contributed by atoms with Crippen LogP contribution in [-0.4, -0.2) is 53.4 Å². The van der Waals surface area contributed by atoms with Gasteiger partial charge >= 0.3 is 0 Å². The predicted octanol–water partition coefficient (Wildman–Crippen LogP) is 8.99. The van der Waals surface area contributed by atoms with E-state index in [-0.39, 0.29) is 16.6 Å². The number of nitrogens with zero attached hydrogens (tertiary/aromatic N) is 3. The Morgan fingerprint density at radius 2 is 1.24 bits per heavy atom. The van der Waals surface area contributed by atoms with Crippen molar-refractivity contribution in [2.75, 3.05) is 7.05 Å². The number of benzene rings is 6. The molecule has 2 aliphatic rings. The molecule has 6 aromatic carbocycles. The van der Waals surface area contributed by atoms with E-state index in [1.165, 1.54) is 10.1 Å². The van der Waals surface area contributed by atoms with Crippen molar-refractivity contribution < 1.29 is 25.5 Å². The number of hydrogen-bond acceptors (Lipinski definition) is 9. The SMILES string of the molecule is CN1C(n2c3ccccc3c3c4ccccc4c4sc5ccccc5c4c32)=NC(c2c(O)c(O)c(O)c(O)c2O)=C2c3ccccc3SC21. The topological polar surface area (TPSA) is 122 Å². The molecule has 238 valence electrons. The number of thioether (sulfide) groups is 1. The predicted molar refractivity (Wildman–Crippen MR) is 198 cm³/mol. The Hall–Kier alpha value is -5.84. The lowest BCUT2D eigenvalue weighted by Gasteiger charge is -2.34. The molecule has 0 radical (unpaired) electrons. The van der Waals surface area contributed by atoms with Gasteiger partial charge in [0.25, 0.3) is 0 Å². The van der Waals surface area contributed by atoms with Gasteiger partial charge in [0.05, 0.1) is 22.3 Å². The summed E-state index contributed by atoms with van der Waals surface area (Å²) >= 11 is 3.37. The van der Waals surface area contributed by atoms with Crippen molar-refractivity contribution in [1.29, 1.82) is 0 Å². The van der Waals surface area contributed by atoms with Crippen molar-refractivity contribution in [2.24, 2.45) is 4.99 Å². The third-order valence-corrected chi connectivity index (χ3v) is 12.3. The van der Waals surface area contributed by atoms with Crippen LogP contribution in [0.2, 0.25) is 0 Å². The molecule has 10 rings (SSSR count). The number of rotatable bonds is 1. The van der Waals surface area contributed by atoms with Crippen LogP contribution in [0.5, 0.6) is 28.7 Å². The van der Waals surface area contributed by atoms with E-state index in [9.17, 15) is 25.5 Å². The average Bonchev–Trinajstić information content (AvgIpc) is 3.82. The second-order valence-corrected chi connectivity index (χ2v) is 14.5. The Labute approximate surface area is 286 Å². The van der Waals surface area contributed by atoms with E-state index >= 15 is 0 Å². The first-order chi connectivity index (χ1) is 23.8. The van der Waals surface area contributed by atoms with Gasteiger partial charge in [-0.1, -0.05) is 90.6 Å². The van der Waals surface area contributed by atoms with Gasteiger partial charge in [0.1, 0.15) is 5.37 Å². The number of likely N-dealkylation sites (N-methyl/N-ethyl adjacent to an activating group) is 1. The molecular weight excluding hydrogens is 655 g/mol. The van der Waals surface area contributed by atoms with Crippen LogP contribution in [-0.2, 0) is 0 Å². The Kier molecular flexibility index (Phi) is 5.67. The fourth-order valence-electron chi connectivity index (χ4n) is 7.60. The minimum atomic E-state index is -1.01. The van der Waals surface area contributed by atoms with Gasteiger partial charge in [0.15, 0.2) is 11.5 Å². The van der Waals surface area contributed by atoms with Crippen molar-refractivity contribution in [3.63, 3.8) is 0 Å². The van der Waals surface area contributed by atoms with Gasteiger partial charge in [-0.2, -0.15) is 0 Å². The molecule has 1 atom stereocenters. The van der Waals surface area contributed by atoms with Crippen LogP contribution in [0.15, 0.2) is 107 Å². The summed E-state index contributed by atoms with van der Waals surface area (Å²) in [4.78, 5) is 8.33. The van der Waals surface area contributed by atoms with E-state index in [2.05, 4.69) is 70.1 Å². The van der Waals surface area contributed by atoms with Crippen LogP contribution in [0.1, 0.15) is 11.1 Å². The molecule has 2 aromatic heterocycles. The Balaban J connectivity index is 1.41. The van der Waals surface area contributed by atoms with Gasteiger partial charge < -0.3 is 30.4 Å². The molecular formula is C39H25N3O5S2. The van der Waals surface area contributed by atoms with E-state index in [0.29, 0.717) is 11.5 Å². The number of aliphatic imine (C=N–C) groups is 1. The van der Waals surface area contributed by atoms with Crippen LogP contribution in [0.3, 0.4) is 0 Å². The third kappa shape index (κ3) is 3.56. The monoisotopic (exact) mass is 679 g/mol. The highest BCUT2D eigenvalue weighted by atomic mass is 32.2. The standard InChI is InChI=1S/C39H25N3O5S2/c1-41-38-27(21-13-5-9-17-25(21)49-38)30(29-32(43)34(45)36(47)35(46)33(29)44)40-39(41)42-23-15-7-4-12-20(23)26-18-10-2-3-11-19(18)37-28(31(26)42)22-14-6-8-16-24(22)48-37/h2-17,38,43-47H,1H3. The number of aromatic nitrogens is 1. The summed E-state index contributed by atoms with van der Waals surface area (Å²) in [5.74, 6) is -3.95. The van der Waals surface area contributed by atoms with E-state index in [1.807, 2.05) is 43.4 Å². The second kappa shape index (κ2) is 9.85. The van der Waals surface area contributed by atoms with Gasteiger partial charge in [-0.3, -0.25) is 4.57 Å². The average molecular weight is 680 g/mol. The first kappa shape index (κ1) is 28.2. The number of phenolic OH excluding ortho intramolecular Hbond substituents is 5. The number of fused-ring (bicyclic) bond motifs is 13. The summed E-state index contributed by atoms with van der Waals surface area (Å²) in [6, 6.07) is 33.0. The van der Waals surface area contributed by atoms with Crippen LogP contribution < -0.4 is 0 Å². The van der Waals surface area contributed by atoms with Gasteiger partial charge in [0.2, 0.25) is 23.2 Å². The van der Waals surface area contributed by atoms with Crippen LogP contribution >= 0.6 is 23.1 Å². The molecule has 4 heterocycles. The van der Waals surface area contributed by atoms with Gasteiger partial charge in [-0.25, -0.2) is 4.99 Å². The molecule has 2 aliphatic heterocycles. The third-order valence-electron chi connectivity index (χ3n) is 9.75. The van der Waals surface area contributed by atoms with Crippen molar-refractivity contribution in [3.8, 4) is 28.7 Å². The molecule has 0 amide bonds. The van der Waals surface area contributed by atoms with Gasteiger partial charge in [-0.15, -0.1) is 11.3 Å². The summed E-state index contributed by atoms with van der Waals surface area (Å²) in [6.45, 7) is 0. The minimum Gasteiger partial charge on any atom is -0.504 e. The fourth-order valence-corrected chi connectivity index (χ4v) is 10.2. The summed E-state index contributed by atoms with van der Waals surface area (Å²) in [7, 11) is 1.98. The van der Waals surface area contributed by atoms with Crippen molar-refractivity contribution in [2.45, 2.75) is 10.3 Å². The molecule has 0 bridgehead atoms. The van der Waals surface area contributed by atoms with Crippen LogP contribution in [0, 0.1) is 0 Å². The maximum absolute atomic E-state index is 11.3. The highest BCUT2D eigenvalue weighted by Crippen LogP contribution is 2.58. The molecule has 8 nitrogen and oxygen atoms in total. The lowest BCUT2D eigenvalue weighted by atomic mass is 9.96. The molecule has 10 heteroatoms. The molecule has 0 spiro atoms. The quantitative estimate of drug-likeness (QED) is 0.0867. The fraction of sp³-hybridized carbons (Fsp3) is 0.0513. The zero-order valence-electron chi connectivity index (χ0n) is 25.7. The number of para-hydroxylation sites is 1. The number of phenols is 5. The van der Waals surface area contributed by atoms with Crippen molar-refractivity contribution in [1.82, 2.24) is 9.47 Å². The maximum Gasteiger partial charge on any atom is 0.212 e. The van der Waals surface area contributed by atoms with E-state index in [0.717, 1.165) is 53.1 Å². The Morgan fingerprint density at radius 1 is 0.633 bits per heavy atom. The Morgan fingerprint density at radius 3 is 2.02 bits per heavy atom. The zero-order valence-corrected chi connectivity index (χ0v) is 27.3. The number of thiophene rings is 1. The van der Waals surface area contributed by atoms with E-state index in [1.54, 1.807) is 23.1 Å². The molecule has 8 aromatic rings. The summed E-state index contributed by atoms with van der Waals surface area (Å²) in [5.41, 5.74) is 3.35. The first-order valence-corrected chi connectivity index (χ1v) is 17.3. The van der Waals surface area contributed by atoms with Crippen molar-refractivity contribution in [3.05, 3.63) is 108 Å². The largest absolute Gasteiger partial charge is 0.504 e. The normalized spacial score (nSPS) is 16.0. The first-order valence-electron chi connectivity index (χ1n) is 15.6. The molecule has 1 unspecified atom stereocenters. The van der Waals surface area contributed by atoms with Crippen LogP contribution in [0.25, 0.3) is 64.0 Å². The summed E-state index contributed by atoms with van der Waals surface area (Å²) < 4.78 is 4.49. The highest BCUT2D eigenvalue weighted by molar-refractivity contribution is 8.00. The smallest absolute Gasteiger partial charge is 0.212 e. The molecule has 49 heavy (non-hydrogen) atoms. The van der Waals surface area contributed by atoms with Gasteiger partial charge in [0, 0.05) is 53.8 Å². The molecule has 0 saturated heterocycles. The molecule has 0 fully saturated rings. The lowest BCUT2D eigenvalue weighted by Crippen LogP contribution is -2.41. The lowest BCUT2D eigenvalue weighted by molar-refractivity contribution is 0.327. The highest BCUT2D eigenvalue weighted by Gasteiger charge is 2.42. The maximum atomic E-state index is 11.3. The zero-order chi connectivity index (χ0) is 33.3. The minimum absolute atomic E-state index is 0.175. The Bertz CT molecular complexity index is 2820. The molecule has 0 aliphatic carbocycles. The second-order valence-electron chi connectivity index (χ2n) is 12.3. The van der Waals surface area contributed by atoms with Crippen molar-refractivity contribution >= 4 is 93.1 Å². The van der Waals surface area contributed by atoms with E-state index in [4.69, 9.17) is 4.99 Å². The van der Waals surface area contributed by atoms with Crippen LogP contribution in [0.4, 0.5) is 0 Å². The molecule has 0 saturated carbocycles.